The zero-order valence-electron chi connectivity index (χ0n) is 11.5. The Morgan fingerprint density at radius 2 is 1.55 bits per heavy atom. The summed E-state index contributed by atoms with van der Waals surface area (Å²) in [6.45, 7) is 2.73. The van der Waals surface area contributed by atoms with Crippen molar-refractivity contribution in [3.8, 4) is 11.8 Å². The summed E-state index contributed by atoms with van der Waals surface area (Å²) < 4.78 is 0. The third-order valence-corrected chi connectivity index (χ3v) is 2.81. The Morgan fingerprint density at radius 3 is 2.15 bits per heavy atom. The van der Waals surface area contributed by atoms with E-state index in [1.807, 2.05) is 49.4 Å². The largest absolute Gasteiger partial charge is 0.352 e. The SMILES string of the molecule is CCCNC(=O)c1ccc(C#Cc2ccccc2)cc1. The van der Waals surface area contributed by atoms with Crippen LogP contribution in [0.5, 0.6) is 0 Å². The van der Waals surface area contributed by atoms with Crippen LogP contribution in [-0.2, 0) is 0 Å². The van der Waals surface area contributed by atoms with Gasteiger partial charge in [0.2, 0.25) is 0 Å². The fourth-order valence-electron chi connectivity index (χ4n) is 1.71. The summed E-state index contributed by atoms with van der Waals surface area (Å²) in [5.41, 5.74) is 2.56. The molecular formula is C18H17NO. The summed E-state index contributed by atoms with van der Waals surface area (Å²) in [5, 5.41) is 2.85. The molecule has 0 saturated carbocycles. The van der Waals surface area contributed by atoms with E-state index in [1.54, 1.807) is 12.1 Å². The summed E-state index contributed by atoms with van der Waals surface area (Å²) in [6, 6.07) is 17.2. The number of carbonyl (C=O) groups is 1. The van der Waals surface area contributed by atoms with E-state index in [9.17, 15) is 4.79 Å². The molecule has 0 unspecified atom stereocenters. The van der Waals surface area contributed by atoms with E-state index in [1.165, 1.54) is 0 Å². The number of hydrogen-bond donors (Lipinski definition) is 1. The maximum absolute atomic E-state index is 11.7. The van der Waals surface area contributed by atoms with Gasteiger partial charge in [0, 0.05) is 23.2 Å². The molecule has 1 amide bonds. The van der Waals surface area contributed by atoms with Crippen LogP contribution < -0.4 is 5.32 Å². The minimum atomic E-state index is -0.0329. The first-order valence-corrected chi connectivity index (χ1v) is 6.75. The molecule has 0 aromatic heterocycles. The van der Waals surface area contributed by atoms with Gasteiger partial charge in [0.1, 0.15) is 0 Å². The molecule has 0 fully saturated rings. The standard InChI is InChI=1S/C18H17NO/c1-2-14-19-18(20)17-12-10-16(11-13-17)9-8-15-6-4-3-5-7-15/h3-7,10-13H,2,14H2,1H3,(H,19,20). The average Bonchev–Trinajstić information content (AvgIpc) is 2.52. The number of carbonyl (C=O) groups excluding carboxylic acids is 1. The van der Waals surface area contributed by atoms with Crippen molar-refractivity contribution < 1.29 is 4.79 Å². The molecule has 2 aromatic rings. The molecule has 0 heterocycles. The minimum Gasteiger partial charge on any atom is -0.352 e. The predicted octanol–water partition coefficient (Wildman–Crippen LogP) is 3.23. The third-order valence-electron chi connectivity index (χ3n) is 2.81. The Bertz CT molecular complexity index is 618. The van der Waals surface area contributed by atoms with Crippen LogP contribution in [0.4, 0.5) is 0 Å². The van der Waals surface area contributed by atoms with Crippen LogP contribution in [0.1, 0.15) is 34.8 Å². The Labute approximate surface area is 119 Å². The lowest BCUT2D eigenvalue weighted by atomic mass is 10.1. The molecule has 100 valence electrons. The molecule has 0 saturated heterocycles. The van der Waals surface area contributed by atoms with Gasteiger partial charge < -0.3 is 5.32 Å². The lowest BCUT2D eigenvalue weighted by Crippen LogP contribution is -2.23. The maximum atomic E-state index is 11.7. The molecule has 20 heavy (non-hydrogen) atoms. The van der Waals surface area contributed by atoms with Gasteiger partial charge in [-0.15, -0.1) is 0 Å². The molecule has 0 aliphatic carbocycles. The summed E-state index contributed by atoms with van der Waals surface area (Å²) >= 11 is 0. The maximum Gasteiger partial charge on any atom is 0.251 e. The van der Waals surface area contributed by atoms with E-state index in [4.69, 9.17) is 0 Å². The van der Waals surface area contributed by atoms with Crippen LogP contribution in [0.15, 0.2) is 54.6 Å². The van der Waals surface area contributed by atoms with E-state index in [2.05, 4.69) is 17.2 Å². The zero-order valence-corrected chi connectivity index (χ0v) is 11.5. The van der Waals surface area contributed by atoms with Gasteiger partial charge >= 0.3 is 0 Å². The molecule has 1 N–H and O–H groups in total. The van der Waals surface area contributed by atoms with Gasteiger partial charge in [-0.1, -0.05) is 37.0 Å². The summed E-state index contributed by atoms with van der Waals surface area (Å²) in [6.07, 6.45) is 0.937. The fourth-order valence-corrected chi connectivity index (χ4v) is 1.71. The predicted molar refractivity (Wildman–Crippen MR) is 81.5 cm³/mol. The Hall–Kier alpha value is -2.53. The average molecular weight is 263 g/mol. The zero-order chi connectivity index (χ0) is 14.2. The number of benzene rings is 2. The van der Waals surface area contributed by atoms with Crippen molar-refractivity contribution in [2.75, 3.05) is 6.54 Å². The van der Waals surface area contributed by atoms with Crippen molar-refractivity contribution in [3.63, 3.8) is 0 Å². The summed E-state index contributed by atoms with van der Waals surface area (Å²) in [5.74, 6) is 6.15. The van der Waals surface area contributed by atoms with Crippen LogP contribution in [0.2, 0.25) is 0 Å². The highest BCUT2D eigenvalue weighted by molar-refractivity contribution is 5.94. The van der Waals surface area contributed by atoms with E-state index >= 15 is 0 Å². The van der Waals surface area contributed by atoms with Crippen molar-refractivity contribution in [1.29, 1.82) is 0 Å². The van der Waals surface area contributed by atoms with Gasteiger partial charge in [-0.3, -0.25) is 4.79 Å². The van der Waals surface area contributed by atoms with Crippen LogP contribution in [0, 0.1) is 11.8 Å². The molecule has 2 rings (SSSR count). The molecular weight excluding hydrogens is 246 g/mol. The van der Waals surface area contributed by atoms with E-state index in [0.29, 0.717) is 12.1 Å². The van der Waals surface area contributed by atoms with Crippen molar-refractivity contribution in [1.82, 2.24) is 5.32 Å². The van der Waals surface area contributed by atoms with Crippen LogP contribution in [-0.4, -0.2) is 12.5 Å². The molecule has 0 bridgehead atoms. The smallest absolute Gasteiger partial charge is 0.251 e. The second-order valence-electron chi connectivity index (χ2n) is 4.45. The van der Waals surface area contributed by atoms with Gasteiger partial charge in [0.25, 0.3) is 5.91 Å². The highest BCUT2D eigenvalue weighted by Crippen LogP contribution is 2.04. The first kappa shape index (κ1) is 13.9. The van der Waals surface area contributed by atoms with Crippen LogP contribution in [0.3, 0.4) is 0 Å². The summed E-state index contributed by atoms with van der Waals surface area (Å²) in [4.78, 5) is 11.7. The molecule has 2 aromatic carbocycles. The van der Waals surface area contributed by atoms with E-state index in [0.717, 1.165) is 17.5 Å². The summed E-state index contributed by atoms with van der Waals surface area (Å²) in [7, 11) is 0. The van der Waals surface area contributed by atoms with Gasteiger partial charge in [-0.25, -0.2) is 0 Å². The van der Waals surface area contributed by atoms with Crippen molar-refractivity contribution in [3.05, 3.63) is 71.3 Å². The van der Waals surface area contributed by atoms with E-state index in [-0.39, 0.29) is 5.91 Å². The Balaban J connectivity index is 2.06. The number of amides is 1. The lowest BCUT2D eigenvalue weighted by Gasteiger charge is -2.02. The molecule has 2 nitrogen and oxygen atoms in total. The quantitative estimate of drug-likeness (QED) is 0.846. The molecule has 0 atom stereocenters. The first-order valence-electron chi connectivity index (χ1n) is 6.75. The van der Waals surface area contributed by atoms with Crippen molar-refractivity contribution in [2.45, 2.75) is 13.3 Å². The molecule has 2 heteroatoms. The van der Waals surface area contributed by atoms with Crippen LogP contribution >= 0.6 is 0 Å². The van der Waals surface area contributed by atoms with Gasteiger partial charge in [-0.2, -0.15) is 0 Å². The fraction of sp³-hybridized carbons (Fsp3) is 0.167. The lowest BCUT2D eigenvalue weighted by molar-refractivity contribution is 0.0953. The number of nitrogens with one attached hydrogen (secondary N) is 1. The minimum absolute atomic E-state index is 0.0329. The monoisotopic (exact) mass is 263 g/mol. The third kappa shape index (κ3) is 4.00. The Kier molecular flexibility index (Phi) is 4.97. The first-order chi connectivity index (χ1) is 9.79. The Morgan fingerprint density at radius 1 is 0.950 bits per heavy atom. The van der Waals surface area contributed by atoms with Crippen molar-refractivity contribution in [2.24, 2.45) is 0 Å². The molecule has 0 aliphatic rings. The van der Waals surface area contributed by atoms with Gasteiger partial charge in [-0.05, 0) is 42.8 Å². The second kappa shape index (κ2) is 7.16. The normalized spacial score (nSPS) is 9.45. The molecule has 0 aliphatic heterocycles. The van der Waals surface area contributed by atoms with Gasteiger partial charge in [0.05, 0.1) is 0 Å². The van der Waals surface area contributed by atoms with Crippen molar-refractivity contribution >= 4 is 5.91 Å². The highest BCUT2D eigenvalue weighted by Gasteiger charge is 2.02. The second-order valence-corrected chi connectivity index (χ2v) is 4.45. The number of hydrogen-bond acceptors (Lipinski definition) is 1. The molecule has 0 radical (unpaired) electrons. The highest BCUT2D eigenvalue weighted by atomic mass is 16.1. The number of rotatable bonds is 3. The van der Waals surface area contributed by atoms with E-state index < -0.39 is 0 Å². The topological polar surface area (TPSA) is 29.1 Å². The molecule has 0 spiro atoms. The van der Waals surface area contributed by atoms with Gasteiger partial charge in [0.15, 0.2) is 0 Å². The van der Waals surface area contributed by atoms with Crippen LogP contribution in [0.25, 0.3) is 0 Å².